The third-order valence-electron chi connectivity index (χ3n) is 4.53. The monoisotopic (exact) mass is 322 g/mol. The molecular weight excluding hydrogens is 291 g/mol. The van der Waals surface area contributed by atoms with Crippen LogP contribution in [-0.2, 0) is 9.09 Å². The fraction of sp³-hybridized carbons (Fsp3) is 1.00. The van der Waals surface area contributed by atoms with Gasteiger partial charge in [0.2, 0.25) is 0 Å². The summed E-state index contributed by atoms with van der Waals surface area (Å²) in [6.07, 6.45) is 8.46. The van der Waals surface area contributed by atoms with Crippen LogP contribution in [0.2, 0.25) is 0 Å². The average molecular weight is 323 g/mol. The fourth-order valence-electron chi connectivity index (χ4n) is 3.22. The van der Waals surface area contributed by atoms with Crippen molar-refractivity contribution >= 4 is 18.0 Å². The van der Waals surface area contributed by atoms with Crippen LogP contribution in [0, 0.1) is 17.8 Å². The molecule has 0 heterocycles. The summed E-state index contributed by atoms with van der Waals surface area (Å²) in [5.74, 6) is 1.74. The lowest BCUT2D eigenvalue weighted by Gasteiger charge is -2.37. The molecule has 1 fully saturated rings. The Kier molecular flexibility index (Phi) is 8.16. The van der Waals surface area contributed by atoms with E-state index >= 15 is 0 Å². The van der Waals surface area contributed by atoms with E-state index in [1.165, 1.54) is 25.7 Å². The van der Waals surface area contributed by atoms with Crippen LogP contribution in [0.3, 0.4) is 0 Å². The molecule has 0 spiro atoms. The Hall–Kier alpha value is 0.480. The lowest BCUT2D eigenvalue weighted by atomic mass is 9.75. The quantitative estimate of drug-likeness (QED) is 0.378. The molecule has 1 saturated carbocycles. The second-order valence-electron chi connectivity index (χ2n) is 6.84. The molecule has 0 N–H and O–H groups in total. The number of hydrogen-bond donors (Lipinski definition) is 0. The van der Waals surface area contributed by atoms with Gasteiger partial charge in [-0.3, -0.25) is 4.57 Å². The van der Waals surface area contributed by atoms with Crippen LogP contribution in [0.25, 0.3) is 0 Å². The Morgan fingerprint density at radius 1 is 1.25 bits per heavy atom. The first-order valence-corrected chi connectivity index (χ1v) is 11.0. The highest BCUT2D eigenvalue weighted by Crippen LogP contribution is 2.56. The Balaban J connectivity index is 2.51. The van der Waals surface area contributed by atoms with Crippen molar-refractivity contribution in [3.63, 3.8) is 0 Å². The van der Waals surface area contributed by atoms with Crippen molar-refractivity contribution in [3.8, 4) is 0 Å². The first kappa shape index (κ1) is 18.5. The summed E-state index contributed by atoms with van der Waals surface area (Å²) in [6.45, 7) is 5.97. The molecule has 1 aliphatic rings. The fourth-order valence-corrected chi connectivity index (χ4v) is 5.24. The third-order valence-corrected chi connectivity index (χ3v) is 6.72. The molecule has 0 aromatic rings. The SMILES string of the molecule is CCCCCC[P@](=O)(Cl)O[C@H]1C[C@@H](C)CC[C@@H]1C(C)C. The van der Waals surface area contributed by atoms with Gasteiger partial charge in [-0.25, -0.2) is 0 Å². The number of unbranched alkanes of at least 4 members (excludes halogenated alkanes) is 3. The van der Waals surface area contributed by atoms with Gasteiger partial charge in [0.1, 0.15) is 0 Å². The van der Waals surface area contributed by atoms with E-state index in [0.717, 1.165) is 19.3 Å². The van der Waals surface area contributed by atoms with Crippen LogP contribution in [0.1, 0.15) is 72.6 Å². The molecule has 0 radical (unpaired) electrons. The molecule has 20 heavy (non-hydrogen) atoms. The van der Waals surface area contributed by atoms with Crippen molar-refractivity contribution in [2.45, 2.75) is 78.7 Å². The van der Waals surface area contributed by atoms with E-state index in [0.29, 0.717) is 23.9 Å². The molecule has 0 aromatic heterocycles. The predicted octanol–water partition coefficient (Wildman–Crippen LogP) is 6.48. The van der Waals surface area contributed by atoms with Crippen LogP contribution in [0.15, 0.2) is 0 Å². The van der Waals surface area contributed by atoms with E-state index in [-0.39, 0.29) is 6.10 Å². The van der Waals surface area contributed by atoms with Crippen molar-refractivity contribution in [3.05, 3.63) is 0 Å². The van der Waals surface area contributed by atoms with E-state index in [2.05, 4.69) is 27.7 Å². The largest absolute Gasteiger partial charge is 0.314 e. The summed E-state index contributed by atoms with van der Waals surface area (Å²) in [5.41, 5.74) is 0. The molecule has 0 bridgehead atoms. The number of hydrogen-bond acceptors (Lipinski definition) is 2. The van der Waals surface area contributed by atoms with Gasteiger partial charge in [-0.15, -0.1) is 0 Å². The maximum atomic E-state index is 12.5. The Labute approximate surface area is 130 Å². The lowest BCUT2D eigenvalue weighted by Crippen LogP contribution is -2.33. The summed E-state index contributed by atoms with van der Waals surface area (Å²) in [6, 6.07) is 0. The highest BCUT2D eigenvalue weighted by atomic mass is 35.7. The second kappa shape index (κ2) is 8.81. The second-order valence-corrected chi connectivity index (χ2v) is 10.2. The Bertz CT molecular complexity index is 320. The smallest absolute Gasteiger partial charge is 0.290 e. The number of halogens is 1. The zero-order chi connectivity index (χ0) is 15.2. The molecule has 0 unspecified atom stereocenters. The first-order chi connectivity index (χ1) is 9.35. The Morgan fingerprint density at radius 2 is 1.95 bits per heavy atom. The molecule has 0 aromatic carbocycles. The van der Waals surface area contributed by atoms with Crippen LogP contribution >= 0.6 is 18.0 Å². The molecule has 0 amide bonds. The highest BCUT2D eigenvalue weighted by molar-refractivity contribution is 7.85. The van der Waals surface area contributed by atoms with Gasteiger partial charge in [0, 0.05) is 6.16 Å². The van der Waals surface area contributed by atoms with Crippen molar-refractivity contribution in [2.75, 3.05) is 6.16 Å². The molecule has 1 aliphatic carbocycles. The van der Waals surface area contributed by atoms with Gasteiger partial charge in [0.25, 0.3) is 6.72 Å². The normalized spacial score (nSPS) is 30.4. The molecule has 4 heteroatoms. The minimum absolute atomic E-state index is 0.0910. The van der Waals surface area contributed by atoms with Gasteiger partial charge in [-0.2, -0.15) is 0 Å². The minimum Gasteiger partial charge on any atom is -0.314 e. The van der Waals surface area contributed by atoms with Crippen LogP contribution < -0.4 is 0 Å². The van der Waals surface area contributed by atoms with E-state index in [9.17, 15) is 4.57 Å². The highest BCUT2D eigenvalue weighted by Gasteiger charge is 2.35. The summed E-state index contributed by atoms with van der Waals surface area (Å²) >= 11 is 6.20. The summed E-state index contributed by atoms with van der Waals surface area (Å²) < 4.78 is 18.4. The zero-order valence-electron chi connectivity index (χ0n) is 13.6. The molecule has 4 atom stereocenters. The van der Waals surface area contributed by atoms with Gasteiger partial charge in [0.15, 0.2) is 0 Å². The molecule has 120 valence electrons. The molecular formula is C16H32ClO2P. The summed E-state index contributed by atoms with van der Waals surface area (Å²) in [5, 5.41) is 0. The standard InChI is InChI=1S/C16H32ClO2P/c1-5-6-7-8-11-20(17,18)19-16-12-14(4)9-10-15(16)13(2)3/h13-16H,5-12H2,1-4H3/t14-,15+,16-,20+/m0/s1. The summed E-state index contributed by atoms with van der Waals surface area (Å²) in [4.78, 5) is 0. The lowest BCUT2D eigenvalue weighted by molar-refractivity contribution is 0.0508. The minimum atomic E-state index is -2.93. The maximum absolute atomic E-state index is 12.5. The van der Waals surface area contributed by atoms with E-state index in [4.69, 9.17) is 15.8 Å². The Morgan fingerprint density at radius 3 is 2.55 bits per heavy atom. The van der Waals surface area contributed by atoms with Gasteiger partial charge in [-0.05, 0) is 48.3 Å². The van der Waals surface area contributed by atoms with Crippen molar-refractivity contribution in [2.24, 2.45) is 17.8 Å². The van der Waals surface area contributed by atoms with E-state index < -0.39 is 6.72 Å². The molecule has 0 aliphatic heterocycles. The van der Waals surface area contributed by atoms with Gasteiger partial charge < -0.3 is 4.52 Å². The van der Waals surface area contributed by atoms with E-state index in [1.54, 1.807) is 0 Å². The van der Waals surface area contributed by atoms with Crippen LogP contribution in [0.5, 0.6) is 0 Å². The third kappa shape index (κ3) is 6.50. The zero-order valence-corrected chi connectivity index (χ0v) is 15.3. The van der Waals surface area contributed by atoms with Gasteiger partial charge in [0.05, 0.1) is 6.10 Å². The average Bonchev–Trinajstić information content (AvgIpc) is 2.34. The van der Waals surface area contributed by atoms with E-state index in [1.807, 2.05) is 0 Å². The summed E-state index contributed by atoms with van der Waals surface area (Å²) in [7, 11) is 0. The maximum Gasteiger partial charge on any atom is 0.290 e. The predicted molar refractivity (Wildman–Crippen MR) is 88.7 cm³/mol. The number of rotatable bonds is 8. The van der Waals surface area contributed by atoms with Crippen LogP contribution in [-0.4, -0.2) is 12.3 Å². The van der Waals surface area contributed by atoms with Gasteiger partial charge in [-0.1, -0.05) is 53.4 Å². The van der Waals surface area contributed by atoms with Gasteiger partial charge >= 0.3 is 0 Å². The van der Waals surface area contributed by atoms with Crippen molar-refractivity contribution in [1.29, 1.82) is 0 Å². The molecule has 0 saturated heterocycles. The van der Waals surface area contributed by atoms with Crippen molar-refractivity contribution < 1.29 is 9.09 Å². The first-order valence-electron chi connectivity index (χ1n) is 8.32. The van der Waals surface area contributed by atoms with Crippen LogP contribution in [0.4, 0.5) is 0 Å². The molecule has 2 nitrogen and oxygen atoms in total. The topological polar surface area (TPSA) is 26.3 Å². The molecule has 1 rings (SSSR count). The van der Waals surface area contributed by atoms with Crippen molar-refractivity contribution in [1.82, 2.24) is 0 Å².